The van der Waals surface area contributed by atoms with Crippen molar-refractivity contribution >= 4 is 23.3 Å². The van der Waals surface area contributed by atoms with E-state index in [1.54, 1.807) is 35.1 Å². The second-order valence-corrected chi connectivity index (χ2v) is 7.15. The van der Waals surface area contributed by atoms with E-state index in [2.05, 4.69) is 21.5 Å². The van der Waals surface area contributed by atoms with E-state index >= 15 is 0 Å². The Morgan fingerprint density at radius 3 is 2.79 bits per heavy atom. The van der Waals surface area contributed by atoms with Crippen LogP contribution in [0.3, 0.4) is 0 Å². The number of ether oxygens (including phenoxy) is 1. The number of aromatic nitrogens is 3. The van der Waals surface area contributed by atoms with Crippen LogP contribution in [0.15, 0.2) is 53.0 Å². The fraction of sp³-hybridized carbons (Fsp3) is 0.200. The summed E-state index contributed by atoms with van der Waals surface area (Å²) in [6.07, 6.45) is 0. The summed E-state index contributed by atoms with van der Waals surface area (Å²) in [4.78, 5) is 18.3. The molecule has 0 spiro atoms. The molecule has 3 aromatic rings. The van der Waals surface area contributed by atoms with Gasteiger partial charge in [0.1, 0.15) is 6.04 Å². The molecule has 1 aromatic carbocycles. The van der Waals surface area contributed by atoms with Crippen LogP contribution in [-0.2, 0) is 9.53 Å². The first-order chi connectivity index (χ1) is 13.6. The molecule has 1 N–H and O–H groups in total. The molecule has 0 saturated heterocycles. The maximum atomic E-state index is 12.7. The van der Waals surface area contributed by atoms with Crippen molar-refractivity contribution < 1.29 is 9.53 Å². The number of benzene rings is 1. The number of esters is 1. The van der Waals surface area contributed by atoms with Gasteiger partial charge in [-0.2, -0.15) is 10.2 Å². The first kappa shape index (κ1) is 17.9. The first-order valence-electron chi connectivity index (χ1n) is 8.77. The van der Waals surface area contributed by atoms with E-state index in [0.717, 1.165) is 10.4 Å². The zero-order chi connectivity index (χ0) is 19.7. The van der Waals surface area contributed by atoms with Gasteiger partial charge in [-0.3, -0.25) is 0 Å². The largest absolute Gasteiger partial charge is 0.463 e. The number of carbonyl (C=O) groups is 1. The van der Waals surface area contributed by atoms with Crippen molar-refractivity contribution in [3.8, 4) is 16.8 Å². The highest BCUT2D eigenvalue weighted by Gasteiger charge is 2.35. The zero-order valence-electron chi connectivity index (χ0n) is 15.3. The SMILES string of the molecule is CCOC(=O)C1=C(C)Nc2nc(-c3cccs3)nn2[C@H]1c1ccc(C#N)cc1. The minimum Gasteiger partial charge on any atom is -0.463 e. The summed E-state index contributed by atoms with van der Waals surface area (Å²) in [5.74, 6) is 0.748. The monoisotopic (exact) mass is 391 g/mol. The third-order valence-corrected chi connectivity index (χ3v) is 5.31. The van der Waals surface area contributed by atoms with Gasteiger partial charge in [-0.1, -0.05) is 18.2 Å². The molecule has 4 rings (SSSR count). The van der Waals surface area contributed by atoms with E-state index < -0.39 is 12.0 Å². The average molecular weight is 391 g/mol. The van der Waals surface area contributed by atoms with Gasteiger partial charge in [-0.25, -0.2) is 9.48 Å². The van der Waals surface area contributed by atoms with Gasteiger partial charge in [-0.05, 0) is 43.0 Å². The van der Waals surface area contributed by atoms with Crippen molar-refractivity contribution in [1.82, 2.24) is 14.8 Å². The minimum absolute atomic E-state index is 0.278. The molecule has 28 heavy (non-hydrogen) atoms. The number of hydrogen-bond donors (Lipinski definition) is 1. The van der Waals surface area contributed by atoms with E-state index in [9.17, 15) is 4.79 Å². The van der Waals surface area contributed by atoms with E-state index in [1.165, 1.54) is 0 Å². The number of nitrogens with one attached hydrogen (secondary N) is 1. The predicted octanol–water partition coefficient (Wildman–Crippen LogP) is 3.73. The van der Waals surface area contributed by atoms with Crippen LogP contribution >= 0.6 is 11.3 Å². The molecular weight excluding hydrogens is 374 g/mol. The molecule has 1 aliphatic heterocycles. The lowest BCUT2D eigenvalue weighted by molar-refractivity contribution is -0.139. The third-order valence-electron chi connectivity index (χ3n) is 4.45. The summed E-state index contributed by atoms with van der Waals surface area (Å²) >= 11 is 1.55. The Balaban J connectivity index is 1.86. The Bertz CT molecular complexity index is 1090. The Morgan fingerprint density at radius 1 is 1.36 bits per heavy atom. The normalized spacial score (nSPS) is 15.5. The van der Waals surface area contributed by atoms with Crippen LogP contribution < -0.4 is 5.32 Å². The highest BCUT2D eigenvalue weighted by atomic mass is 32.1. The lowest BCUT2D eigenvalue weighted by Gasteiger charge is -2.28. The molecule has 2 aromatic heterocycles. The van der Waals surface area contributed by atoms with E-state index in [0.29, 0.717) is 28.6 Å². The molecule has 0 fully saturated rings. The molecule has 0 saturated carbocycles. The van der Waals surface area contributed by atoms with Crippen LogP contribution in [0.25, 0.3) is 10.7 Å². The fourth-order valence-corrected chi connectivity index (χ4v) is 3.84. The summed E-state index contributed by atoms with van der Waals surface area (Å²) in [5.41, 5.74) is 2.52. The molecule has 0 bridgehead atoms. The Kier molecular flexibility index (Phi) is 4.67. The Hall–Kier alpha value is -3.44. The molecule has 3 heterocycles. The number of nitrogens with zero attached hydrogens (tertiary/aromatic N) is 4. The summed E-state index contributed by atoms with van der Waals surface area (Å²) in [6, 6.07) is 12.6. The van der Waals surface area contributed by atoms with Crippen LogP contribution in [0.2, 0.25) is 0 Å². The number of carbonyl (C=O) groups excluding carboxylic acids is 1. The van der Waals surface area contributed by atoms with Gasteiger partial charge in [0, 0.05) is 5.70 Å². The quantitative estimate of drug-likeness (QED) is 0.681. The van der Waals surface area contributed by atoms with Gasteiger partial charge in [0.15, 0.2) is 5.82 Å². The van der Waals surface area contributed by atoms with Gasteiger partial charge in [0.05, 0.1) is 28.7 Å². The summed E-state index contributed by atoms with van der Waals surface area (Å²) in [5, 5.41) is 18.9. The van der Waals surface area contributed by atoms with Crippen molar-refractivity contribution in [2.45, 2.75) is 19.9 Å². The lowest BCUT2D eigenvalue weighted by atomic mass is 9.95. The number of nitriles is 1. The Labute approximate surface area is 165 Å². The molecular formula is C20H17N5O2S. The maximum Gasteiger partial charge on any atom is 0.338 e. The average Bonchev–Trinajstić information content (AvgIpc) is 3.36. The summed E-state index contributed by atoms with van der Waals surface area (Å²) in [7, 11) is 0. The second kappa shape index (κ2) is 7.29. The van der Waals surface area contributed by atoms with Crippen LogP contribution in [0.4, 0.5) is 5.95 Å². The van der Waals surface area contributed by atoms with Crippen LogP contribution in [0, 0.1) is 11.3 Å². The van der Waals surface area contributed by atoms with Crippen LogP contribution in [0.1, 0.15) is 31.0 Å². The number of hydrogen-bond acceptors (Lipinski definition) is 7. The van der Waals surface area contributed by atoms with E-state index in [-0.39, 0.29) is 6.61 Å². The van der Waals surface area contributed by atoms with Gasteiger partial charge in [-0.15, -0.1) is 16.4 Å². The lowest BCUT2D eigenvalue weighted by Crippen LogP contribution is -2.29. The summed E-state index contributed by atoms with van der Waals surface area (Å²) in [6.45, 7) is 3.88. The van der Waals surface area contributed by atoms with E-state index in [1.807, 2.05) is 36.6 Å². The molecule has 1 atom stereocenters. The molecule has 7 nitrogen and oxygen atoms in total. The first-order valence-corrected chi connectivity index (χ1v) is 9.65. The standard InChI is InChI=1S/C20H17N5O2S/c1-3-27-19(26)16-12(2)22-20-23-18(15-5-4-10-28-15)24-25(20)17(16)14-8-6-13(11-21)7-9-14/h4-10,17H,3H2,1-2H3,(H,22,23,24)/t17-/m0/s1. The van der Waals surface area contributed by atoms with Gasteiger partial charge in [0.25, 0.3) is 0 Å². The Morgan fingerprint density at radius 2 is 2.14 bits per heavy atom. The van der Waals surface area contributed by atoms with Crippen molar-refractivity contribution in [3.05, 3.63) is 64.2 Å². The van der Waals surface area contributed by atoms with Crippen LogP contribution in [-0.4, -0.2) is 27.3 Å². The molecule has 8 heteroatoms. The smallest absolute Gasteiger partial charge is 0.338 e. The van der Waals surface area contributed by atoms with E-state index in [4.69, 9.17) is 10.00 Å². The minimum atomic E-state index is -0.496. The number of thiophene rings is 1. The predicted molar refractivity (Wildman–Crippen MR) is 106 cm³/mol. The maximum absolute atomic E-state index is 12.7. The van der Waals surface area contributed by atoms with Crippen molar-refractivity contribution in [1.29, 1.82) is 5.26 Å². The number of fused-ring (bicyclic) bond motifs is 1. The van der Waals surface area contributed by atoms with Crippen molar-refractivity contribution in [2.24, 2.45) is 0 Å². The number of allylic oxidation sites excluding steroid dienone is 1. The highest BCUT2D eigenvalue weighted by Crippen LogP contribution is 2.37. The molecule has 0 aliphatic carbocycles. The fourth-order valence-electron chi connectivity index (χ4n) is 3.18. The van der Waals surface area contributed by atoms with Crippen LogP contribution in [0.5, 0.6) is 0 Å². The zero-order valence-corrected chi connectivity index (χ0v) is 16.2. The molecule has 1 aliphatic rings. The second-order valence-electron chi connectivity index (χ2n) is 6.20. The molecule has 0 amide bonds. The van der Waals surface area contributed by atoms with Crippen molar-refractivity contribution in [2.75, 3.05) is 11.9 Å². The van der Waals surface area contributed by atoms with Gasteiger partial charge >= 0.3 is 5.97 Å². The molecule has 140 valence electrons. The molecule has 0 unspecified atom stereocenters. The van der Waals surface area contributed by atoms with Gasteiger partial charge in [0.2, 0.25) is 5.95 Å². The highest BCUT2D eigenvalue weighted by molar-refractivity contribution is 7.13. The van der Waals surface area contributed by atoms with Crippen molar-refractivity contribution in [3.63, 3.8) is 0 Å². The van der Waals surface area contributed by atoms with Gasteiger partial charge < -0.3 is 10.1 Å². The number of anilines is 1. The third kappa shape index (κ3) is 3.06. The summed E-state index contributed by atoms with van der Waals surface area (Å²) < 4.78 is 7.00. The molecule has 0 radical (unpaired) electrons. The number of rotatable bonds is 4. The topological polar surface area (TPSA) is 92.8 Å².